The van der Waals surface area contributed by atoms with E-state index in [0.29, 0.717) is 13.0 Å². The molecule has 0 heterocycles. The molecule has 3 atom stereocenters. The highest BCUT2D eigenvalue weighted by Crippen LogP contribution is 2.50. The van der Waals surface area contributed by atoms with Crippen LogP contribution in [0.4, 0.5) is 0 Å². The van der Waals surface area contributed by atoms with Gasteiger partial charge >= 0.3 is 0 Å². The first kappa shape index (κ1) is 15.8. The van der Waals surface area contributed by atoms with Crippen molar-refractivity contribution in [1.82, 2.24) is 5.32 Å². The molecule has 0 aromatic heterocycles. The van der Waals surface area contributed by atoms with E-state index in [1.165, 1.54) is 12.8 Å². The van der Waals surface area contributed by atoms with Crippen molar-refractivity contribution in [2.24, 2.45) is 16.6 Å². The van der Waals surface area contributed by atoms with Crippen molar-refractivity contribution < 1.29 is 9.53 Å². The quantitative estimate of drug-likeness (QED) is 0.831. The predicted octanol–water partition coefficient (Wildman–Crippen LogP) is 2.21. The van der Waals surface area contributed by atoms with Crippen LogP contribution < -0.4 is 11.1 Å². The van der Waals surface area contributed by atoms with Crippen LogP contribution in [-0.2, 0) is 9.53 Å². The largest absolute Gasteiger partial charge is 0.378 e. The van der Waals surface area contributed by atoms with Gasteiger partial charge in [-0.05, 0) is 25.2 Å². The minimum Gasteiger partial charge on any atom is -0.378 e. The molecule has 4 nitrogen and oxygen atoms in total. The van der Waals surface area contributed by atoms with Gasteiger partial charge in [0.15, 0.2) is 0 Å². The zero-order chi connectivity index (χ0) is 15.2. The van der Waals surface area contributed by atoms with Crippen LogP contribution in [0.2, 0.25) is 0 Å². The van der Waals surface area contributed by atoms with E-state index in [0.717, 1.165) is 6.42 Å². The number of carbonyl (C=O) groups excluding carboxylic acids is 1. The third-order valence-electron chi connectivity index (χ3n) is 5.80. The Morgan fingerprint density at radius 1 is 1.35 bits per heavy atom. The van der Waals surface area contributed by atoms with Gasteiger partial charge < -0.3 is 15.8 Å². The Kier molecular flexibility index (Phi) is 3.93. The number of carbonyl (C=O) groups is 1. The number of amides is 1. The van der Waals surface area contributed by atoms with Crippen LogP contribution >= 0.6 is 0 Å². The van der Waals surface area contributed by atoms with Crippen LogP contribution in [0.15, 0.2) is 0 Å². The predicted molar refractivity (Wildman–Crippen MR) is 80.3 cm³/mol. The third kappa shape index (κ3) is 2.27. The second-order valence-corrected chi connectivity index (χ2v) is 7.75. The molecule has 116 valence electrons. The highest BCUT2D eigenvalue weighted by atomic mass is 16.5. The molecule has 0 bridgehead atoms. The van der Waals surface area contributed by atoms with E-state index in [2.05, 4.69) is 19.2 Å². The second-order valence-electron chi connectivity index (χ2n) is 7.75. The highest BCUT2D eigenvalue weighted by molar-refractivity contribution is 5.89. The van der Waals surface area contributed by atoms with Crippen molar-refractivity contribution in [3.63, 3.8) is 0 Å². The SMILES string of the molecule is CCOC1CC(N)(C(=O)NC2CCCC2(C)C)C1(C)C. The highest BCUT2D eigenvalue weighted by Gasteiger charge is 2.63. The molecule has 0 aromatic rings. The molecule has 2 fully saturated rings. The Balaban J connectivity index is 2.03. The Bertz CT molecular complexity index is 392. The van der Waals surface area contributed by atoms with Gasteiger partial charge in [0.2, 0.25) is 5.91 Å². The van der Waals surface area contributed by atoms with Crippen molar-refractivity contribution in [2.75, 3.05) is 6.61 Å². The topological polar surface area (TPSA) is 64.3 Å². The lowest BCUT2D eigenvalue weighted by atomic mass is 9.54. The molecule has 1 amide bonds. The fourth-order valence-electron chi connectivity index (χ4n) is 3.70. The summed E-state index contributed by atoms with van der Waals surface area (Å²) in [5.41, 5.74) is 5.49. The number of hydrogen-bond donors (Lipinski definition) is 2. The standard InChI is InChI=1S/C16H30N2O2/c1-6-20-12-10-16(17,15(12,4)5)13(19)18-11-8-7-9-14(11,2)3/h11-12H,6-10,17H2,1-5H3,(H,18,19). The summed E-state index contributed by atoms with van der Waals surface area (Å²) in [4.78, 5) is 12.7. The van der Waals surface area contributed by atoms with Crippen LogP contribution in [-0.4, -0.2) is 30.2 Å². The monoisotopic (exact) mass is 282 g/mol. The first-order chi connectivity index (χ1) is 9.15. The minimum absolute atomic E-state index is 0.00146. The van der Waals surface area contributed by atoms with E-state index in [9.17, 15) is 4.79 Å². The molecular weight excluding hydrogens is 252 g/mol. The smallest absolute Gasteiger partial charge is 0.241 e. The van der Waals surface area contributed by atoms with Gasteiger partial charge in [0.1, 0.15) is 5.54 Å². The Labute approximate surface area is 122 Å². The van der Waals surface area contributed by atoms with E-state index < -0.39 is 5.54 Å². The second kappa shape index (κ2) is 4.99. The Morgan fingerprint density at radius 3 is 2.45 bits per heavy atom. The summed E-state index contributed by atoms with van der Waals surface area (Å²) in [6, 6.07) is 0.248. The molecule has 0 aromatic carbocycles. The molecule has 2 aliphatic carbocycles. The van der Waals surface area contributed by atoms with Crippen molar-refractivity contribution in [1.29, 1.82) is 0 Å². The molecule has 0 spiro atoms. The van der Waals surface area contributed by atoms with Crippen molar-refractivity contribution in [3.05, 3.63) is 0 Å². The summed E-state index contributed by atoms with van der Waals surface area (Å²) in [6.45, 7) is 11.2. The number of ether oxygens (including phenoxy) is 1. The van der Waals surface area contributed by atoms with Gasteiger partial charge in [-0.3, -0.25) is 4.79 Å². The van der Waals surface area contributed by atoms with Crippen LogP contribution in [0.3, 0.4) is 0 Å². The van der Waals surface area contributed by atoms with Gasteiger partial charge in [0.25, 0.3) is 0 Å². The van der Waals surface area contributed by atoms with Gasteiger partial charge in [-0.1, -0.05) is 34.1 Å². The zero-order valence-electron chi connectivity index (χ0n) is 13.6. The minimum atomic E-state index is -0.800. The van der Waals surface area contributed by atoms with E-state index in [4.69, 9.17) is 10.5 Å². The van der Waals surface area contributed by atoms with E-state index >= 15 is 0 Å². The Morgan fingerprint density at radius 2 is 2.00 bits per heavy atom. The van der Waals surface area contributed by atoms with Crippen molar-refractivity contribution >= 4 is 5.91 Å². The molecule has 2 saturated carbocycles. The molecule has 0 aliphatic heterocycles. The fourth-order valence-corrected chi connectivity index (χ4v) is 3.70. The summed E-state index contributed by atoms with van der Waals surface area (Å²) >= 11 is 0. The molecule has 0 saturated heterocycles. The average molecular weight is 282 g/mol. The first-order valence-corrected chi connectivity index (χ1v) is 7.86. The van der Waals surface area contributed by atoms with Crippen molar-refractivity contribution in [3.8, 4) is 0 Å². The van der Waals surface area contributed by atoms with E-state index in [1.807, 2.05) is 20.8 Å². The maximum absolute atomic E-state index is 12.7. The molecule has 3 N–H and O–H groups in total. The van der Waals surface area contributed by atoms with E-state index in [-0.39, 0.29) is 28.9 Å². The molecule has 2 aliphatic rings. The zero-order valence-corrected chi connectivity index (χ0v) is 13.6. The summed E-state index contributed by atoms with van der Waals surface area (Å²) < 4.78 is 5.69. The lowest BCUT2D eigenvalue weighted by Gasteiger charge is -2.58. The lowest BCUT2D eigenvalue weighted by molar-refractivity contribution is -0.171. The maximum Gasteiger partial charge on any atom is 0.241 e. The summed E-state index contributed by atoms with van der Waals surface area (Å²) in [7, 11) is 0. The molecule has 2 rings (SSSR count). The average Bonchev–Trinajstić information content (AvgIpc) is 2.68. The number of nitrogens with one attached hydrogen (secondary N) is 1. The number of nitrogens with two attached hydrogens (primary N) is 1. The summed E-state index contributed by atoms with van der Waals surface area (Å²) in [6.07, 6.45) is 4.11. The first-order valence-electron chi connectivity index (χ1n) is 7.86. The summed E-state index contributed by atoms with van der Waals surface area (Å²) in [5, 5.41) is 3.21. The normalized spacial score (nSPS) is 38.3. The number of rotatable bonds is 4. The molecular formula is C16H30N2O2. The van der Waals surface area contributed by atoms with Gasteiger partial charge in [-0.2, -0.15) is 0 Å². The third-order valence-corrected chi connectivity index (χ3v) is 5.80. The van der Waals surface area contributed by atoms with Crippen LogP contribution in [0.1, 0.15) is 60.3 Å². The van der Waals surface area contributed by atoms with Crippen molar-refractivity contribution in [2.45, 2.75) is 78.0 Å². The summed E-state index contributed by atoms with van der Waals surface area (Å²) in [5.74, 6) is -0.00146. The molecule has 0 radical (unpaired) electrons. The van der Waals surface area contributed by atoms with Gasteiger partial charge in [0, 0.05) is 24.5 Å². The Hall–Kier alpha value is -0.610. The molecule has 3 unspecified atom stereocenters. The van der Waals surface area contributed by atoms with Crippen LogP contribution in [0.5, 0.6) is 0 Å². The van der Waals surface area contributed by atoms with Gasteiger partial charge in [-0.25, -0.2) is 0 Å². The maximum atomic E-state index is 12.7. The number of hydrogen-bond acceptors (Lipinski definition) is 3. The van der Waals surface area contributed by atoms with Gasteiger partial charge in [0.05, 0.1) is 6.10 Å². The lowest BCUT2D eigenvalue weighted by Crippen LogP contribution is -2.76. The fraction of sp³-hybridized carbons (Fsp3) is 0.938. The van der Waals surface area contributed by atoms with Crippen LogP contribution in [0, 0.1) is 10.8 Å². The molecule has 20 heavy (non-hydrogen) atoms. The van der Waals surface area contributed by atoms with Gasteiger partial charge in [-0.15, -0.1) is 0 Å². The van der Waals surface area contributed by atoms with Crippen LogP contribution in [0.25, 0.3) is 0 Å². The van der Waals surface area contributed by atoms with E-state index in [1.54, 1.807) is 0 Å². The molecule has 4 heteroatoms.